The molecular weight excluding hydrogens is 409 g/mol. The number of halogens is 1. The topological polar surface area (TPSA) is 101 Å². The van der Waals surface area contributed by atoms with Gasteiger partial charge in [-0.3, -0.25) is 9.36 Å². The number of hydrogen-bond acceptors (Lipinski definition) is 6. The standard InChI is InChI=1S/C23H22FN7O/c24-19-13-27-23(28-15-5-7-16(8-6-15)30-11-9-26-10-12-30)29-22(19)31-14-18(21(25)32)17-3-1-2-4-20(17)31/h1-8,13-14,26H,9-12H2,(H2,25,32)(H,27,28,29). The maximum Gasteiger partial charge on any atom is 0.250 e. The molecule has 0 spiro atoms. The first-order valence-electron chi connectivity index (χ1n) is 10.4. The van der Waals surface area contributed by atoms with Crippen LogP contribution >= 0.6 is 0 Å². The number of carbonyl (C=O) groups is 1. The molecule has 9 heteroatoms. The lowest BCUT2D eigenvalue weighted by Gasteiger charge is -2.29. The van der Waals surface area contributed by atoms with E-state index >= 15 is 0 Å². The van der Waals surface area contributed by atoms with Gasteiger partial charge < -0.3 is 21.3 Å². The molecule has 4 N–H and O–H groups in total. The van der Waals surface area contributed by atoms with Gasteiger partial charge in [-0.05, 0) is 30.3 Å². The number of primary amides is 1. The van der Waals surface area contributed by atoms with E-state index in [1.807, 2.05) is 30.3 Å². The number of amides is 1. The predicted molar refractivity (Wildman–Crippen MR) is 122 cm³/mol. The third-order valence-electron chi connectivity index (χ3n) is 5.54. The van der Waals surface area contributed by atoms with Gasteiger partial charge in [0.2, 0.25) is 5.95 Å². The summed E-state index contributed by atoms with van der Waals surface area (Å²) in [4.78, 5) is 22.6. The van der Waals surface area contributed by atoms with Crippen molar-refractivity contribution >= 4 is 34.1 Å². The highest BCUT2D eigenvalue weighted by Gasteiger charge is 2.17. The Labute approximate surface area is 183 Å². The predicted octanol–water partition coefficient (Wildman–Crippen LogP) is 2.81. The smallest absolute Gasteiger partial charge is 0.250 e. The number of piperazine rings is 1. The monoisotopic (exact) mass is 431 g/mol. The summed E-state index contributed by atoms with van der Waals surface area (Å²) in [6.07, 6.45) is 2.61. The Morgan fingerprint density at radius 1 is 1.09 bits per heavy atom. The third kappa shape index (κ3) is 3.74. The molecule has 0 radical (unpaired) electrons. The number of rotatable bonds is 5. The number of nitrogens with one attached hydrogen (secondary N) is 2. The van der Waals surface area contributed by atoms with Crippen LogP contribution in [-0.2, 0) is 0 Å². The second-order valence-corrected chi connectivity index (χ2v) is 7.57. The first-order chi connectivity index (χ1) is 15.6. The summed E-state index contributed by atoms with van der Waals surface area (Å²) in [5.74, 6) is -0.919. The highest BCUT2D eigenvalue weighted by atomic mass is 19.1. The van der Waals surface area contributed by atoms with Crippen LogP contribution in [0.15, 0.2) is 60.9 Å². The quantitative estimate of drug-likeness (QED) is 0.449. The molecule has 0 atom stereocenters. The zero-order valence-electron chi connectivity index (χ0n) is 17.3. The molecule has 8 nitrogen and oxygen atoms in total. The van der Waals surface area contributed by atoms with Crippen molar-refractivity contribution in [1.29, 1.82) is 0 Å². The minimum atomic E-state index is -0.610. The number of aromatic nitrogens is 3. The van der Waals surface area contributed by atoms with E-state index < -0.39 is 11.7 Å². The molecule has 32 heavy (non-hydrogen) atoms. The van der Waals surface area contributed by atoms with E-state index in [9.17, 15) is 9.18 Å². The van der Waals surface area contributed by atoms with E-state index in [4.69, 9.17) is 5.73 Å². The van der Waals surface area contributed by atoms with Crippen molar-refractivity contribution in [3.05, 3.63) is 72.3 Å². The van der Waals surface area contributed by atoms with Gasteiger partial charge in [-0.15, -0.1) is 0 Å². The van der Waals surface area contributed by atoms with Crippen LogP contribution < -0.4 is 21.3 Å². The summed E-state index contributed by atoms with van der Waals surface area (Å²) in [5, 5.41) is 7.10. The van der Waals surface area contributed by atoms with Crippen LogP contribution in [0, 0.1) is 5.82 Å². The third-order valence-corrected chi connectivity index (χ3v) is 5.54. The maximum absolute atomic E-state index is 14.7. The molecule has 0 unspecified atom stereocenters. The van der Waals surface area contributed by atoms with Gasteiger partial charge in [0, 0.05) is 49.1 Å². The average molecular weight is 431 g/mol. The number of benzene rings is 2. The SMILES string of the molecule is NC(=O)c1cn(-c2nc(Nc3ccc(N4CCNCC4)cc3)ncc2F)c2ccccc12. The number of para-hydroxylation sites is 1. The number of fused-ring (bicyclic) bond motifs is 1. The Hall–Kier alpha value is -3.98. The number of nitrogens with two attached hydrogens (primary N) is 1. The molecule has 0 aliphatic carbocycles. The van der Waals surface area contributed by atoms with Crippen LogP contribution in [0.3, 0.4) is 0 Å². The lowest BCUT2D eigenvalue weighted by molar-refractivity contribution is 0.100. The Bertz CT molecular complexity index is 1280. The molecule has 5 rings (SSSR count). The number of nitrogens with zero attached hydrogens (tertiary/aromatic N) is 4. The van der Waals surface area contributed by atoms with Crippen LogP contribution in [0.4, 0.5) is 21.7 Å². The summed E-state index contributed by atoms with van der Waals surface area (Å²) in [7, 11) is 0. The molecule has 2 aromatic carbocycles. The fourth-order valence-electron chi connectivity index (χ4n) is 3.95. The molecular formula is C23H22FN7O. The van der Waals surface area contributed by atoms with Crippen molar-refractivity contribution in [3.8, 4) is 5.82 Å². The Morgan fingerprint density at radius 3 is 2.59 bits per heavy atom. The largest absolute Gasteiger partial charge is 0.369 e. The van der Waals surface area contributed by atoms with Crippen molar-refractivity contribution in [3.63, 3.8) is 0 Å². The van der Waals surface area contributed by atoms with Gasteiger partial charge in [-0.25, -0.2) is 9.37 Å². The van der Waals surface area contributed by atoms with Gasteiger partial charge in [0.15, 0.2) is 11.6 Å². The van der Waals surface area contributed by atoms with Gasteiger partial charge in [0.1, 0.15) is 0 Å². The van der Waals surface area contributed by atoms with Crippen LogP contribution in [0.5, 0.6) is 0 Å². The summed E-state index contributed by atoms with van der Waals surface area (Å²) < 4.78 is 16.2. The van der Waals surface area contributed by atoms with Gasteiger partial charge in [-0.1, -0.05) is 18.2 Å². The highest BCUT2D eigenvalue weighted by Crippen LogP contribution is 2.26. The molecule has 162 valence electrons. The van der Waals surface area contributed by atoms with Crippen molar-refractivity contribution in [2.45, 2.75) is 0 Å². The molecule has 0 bridgehead atoms. The fourth-order valence-corrected chi connectivity index (χ4v) is 3.95. The first kappa shape index (κ1) is 20.0. The van der Waals surface area contributed by atoms with Crippen molar-refractivity contribution < 1.29 is 9.18 Å². The van der Waals surface area contributed by atoms with E-state index in [1.165, 1.54) is 10.8 Å². The van der Waals surface area contributed by atoms with Crippen molar-refractivity contribution in [1.82, 2.24) is 19.9 Å². The fraction of sp³-hybridized carbons (Fsp3) is 0.174. The maximum atomic E-state index is 14.7. The van der Waals surface area contributed by atoms with E-state index in [0.717, 1.165) is 43.8 Å². The zero-order chi connectivity index (χ0) is 22.1. The average Bonchev–Trinajstić information content (AvgIpc) is 3.21. The second kappa shape index (κ2) is 8.27. The van der Waals surface area contributed by atoms with E-state index in [2.05, 4.69) is 25.5 Å². The van der Waals surface area contributed by atoms with Crippen molar-refractivity contribution in [2.24, 2.45) is 5.73 Å². The molecule has 1 saturated heterocycles. The van der Waals surface area contributed by atoms with Crippen molar-refractivity contribution in [2.75, 3.05) is 36.4 Å². The summed E-state index contributed by atoms with van der Waals surface area (Å²) in [5.41, 5.74) is 8.38. The Kier molecular flexibility index (Phi) is 5.16. The molecule has 1 fully saturated rings. The molecule has 4 aromatic rings. The zero-order valence-corrected chi connectivity index (χ0v) is 17.3. The summed E-state index contributed by atoms with van der Waals surface area (Å²) >= 11 is 0. The first-order valence-corrected chi connectivity index (χ1v) is 10.4. The summed E-state index contributed by atoms with van der Waals surface area (Å²) in [6.45, 7) is 3.88. The number of carbonyl (C=O) groups excluding carboxylic acids is 1. The lowest BCUT2D eigenvalue weighted by Crippen LogP contribution is -2.43. The van der Waals surface area contributed by atoms with Gasteiger partial charge in [0.25, 0.3) is 5.91 Å². The van der Waals surface area contributed by atoms with E-state index in [1.54, 1.807) is 18.2 Å². The van der Waals surface area contributed by atoms with Crippen LogP contribution in [-0.4, -0.2) is 46.6 Å². The molecule has 2 aromatic heterocycles. The minimum Gasteiger partial charge on any atom is -0.369 e. The molecule has 3 heterocycles. The Balaban J connectivity index is 1.45. The molecule has 0 saturated carbocycles. The molecule has 1 amide bonds. The van der Waals surface area contributed by atoms with Crippen LogP contribution in [0.25, 0.3) is 16.7 Å². The normalized spacial score (nSPS) is 14.0. The van der Waals surface area contributed by atoms with Crippen LogP contribution in [0.1, 0.15) is 10.4 Å². The van der Waals surface area contributed by atoms with E-state index in [0.29, 0.717) is 16.5 Å². The van der Waals surface area contributed by atoms with Gasteiger partial charge >= 0.3 is 0 Å². The van der Waals surface area contributed by atoms with Gasteiger partial charge in [0.05, 0.1) is 17.3 Å². The Morgan fingerprint density at radius 2 is 1.84 bits per heavy atom. The van der Waals surface area contributed by atoms with Gasteiger partial charge in [-0.2, -0.15) is 4.98 Å². The minimum absolute atomic E-state index is 0.0311. The van der Waals surface area contributed by atoms with Crippen LogP contribution in [0.2, 0.25) is 0 Å². The highest BCUT2D eigenvalue weighted by molar-refractivity contribution is 6.06. The van der Waals surface area contributed by atoms with E-state index in [-0.39, 0.29) is 11.8 Å². The molecule has 1 aliphatic heterocycles. The number of anilines is 3. The second-order valence-electron chi connectivity index (χ2n) is 7.57. The number of hydrogen-bond donors (Lipinski definition) is 3. The molecule has 1 aliphatic rings. The summed E-state index contributed by atoms with van der Waals surface area (Å²) in [6, 6.07) is 15.1. The lowest BCUT2D eigenvalue weighted by atomic mass is 10.2.